The summed E-state index contributed by atoms with van der Waals surface area (Å²) in [5.41, 5.74) is 5.83. The molecule has 0 aromatic carbocycles. The number of nitrogens with two attached hydrogens (primary N) is 1. The fraction of sp³-hybridized carbons (Fsp3) is 0.900. The number of likely N-dealkylation sites (N-methyl/N-ethyl adjacent to an activating group) is 1. The average Bonchev–Trinajstić information content (AvgIpc) is 2.03. The summed E-state index contributed by atoms with van der Waals surface area (Å²) in [4.78, 5) is 13.4. The van der Waals surface area contributed by atoms with Gasteiger partial charge in [0.15, 0.2) is 0 Å². The summed E-state index contributed by atoms with van der Waals surface area (Å²) in [5, 5.41) is 0. The Morgan fingerprint density at radius 1 is 1.43 bits per heavy atom. The van der Waals surface area contributed by atoms with Crippen molar-refractivity contribution in [2.75, 3.05) is 20.7 Å². The van der Waals surface area contributed by atoms with Gasteiger partial charge in [-0.05, 0) is 26.9 Å². The number of carbonyl (C=O) groups excluding carboxylic acids is 1. The molecule has 0 heterocycles. The molecule has 0 rings (SSSR count). The zero-order chi connectivity index (χ0) is 11.3. The van der Waals surface area contributed by atoms with Crippen LogP contribution in [0.2, 0.25) is 0 Å². The van der Waals surface area contributed by atoms with Crippen molar-refractivity contribution in [1.29, 1.82) is 0 Å². The third-order valence-corrected chi connectivity index (χ3v) is 2.21. The molecule has 84 valence electrons. The van der Waals surface area contributed by atoms with Gasteiger partial charge < -0.3 is 15.4 Å². The first kappa shape index (κ1) is 13.4. The Morgan fingerprint density at radius 2 is 1.93 bits per heavy atom. The molecule has 0 aromatic heterocycles. The van der Waals surface area contributed by atoms with E-state index in [-0.39, 0.29) is 12.0 Å². The van der Waals surface area contributed by atoms with Crippen LogP contribution >= 0.6 is 0 Å². The van der Waals surface area contributed by atoms with Crippen LogP contribution in [-0.4, -0.2) is 43.7 Å². The zero-order valence-electron chi connectivity index (χ0n) is 9.78. The zero-order valence-corrected chi connectivity index (χ0v) is 9.78. The maximum absolute atomic E-state index is 11.4. The molecule has 2 atom stereocenters. The summed E-state index contributed by atoms with van der Waals surface area (Å²) in [6, 6.07) is -0.543. The summed E-state index contributed by atoms with van der Waals surface area (Å²) in [7, 11) is 3.84. The van der Waals surface area contributed by atoms with E-state index < -0.39 is 6.04 Å². The van der Waals surface area contributed by atoms with Crippen LogP contribution < -0.4 is 5.73 Å². The molecular formula is C10H22N2O2. The van der Waals surface area contributed by atoms with Crippen LogP contribution in [0.4, 0.5) is 0 Å². The van der Waals surface area contributed by atoms with Crippen molar-refractivity contribution in [1.82, 2.24) is 4.90 Å². The highest BCUT2D eigenvalue weighted by Gasteiger charge is 2.29. The van der Waals surface area contributed by atoms with Crippen molar-refractivity contribution in [3.8, 4) is 0 Å². The third kappa shape index (κ3) is 3.64. The van der Waals surface area contributed by atoms with E-state index in [1.54, 1.807) is 6.92 Å². The lowest BCUT2D eigenvalue weighted by atomic mass is 9.96. The second kappa shape index (κ2) is 5.98. The maximum atomic E-state index is 11.4. The van der Waals surface area contributed by atoms with E-state index in [0.717, 1.165) is 0 Å². The molecule has 0 spiro atoms. The fourth-order valence-electron chi connectivity index (χ4n) is 1.71. The molecule has 0 aliphatic rings. The summed E-state index contributed by atoms with van der Waals surface area (Å²) in [6.45, 7) is 6.25. The number of hydrogen-bond acceptors (Lipinski definition) is 4. The van der Waals surface area contributed by atoms with Gasteiger partial charge in [-0.15, -0.1) is 0 Å². The van der Waals surface area contributed by atoms with Gasteiger partial charge in [-0.25, -0.2) is 0 Å². The van der Waals surface area contributed by atoms with Crippen LogP contribution in [0.5, 0.6) is 0 Å². The molecule has 4 nitrogen and oxygen atoms in total. The monoisotopic (exact) mass is 202 g/mol. The van der Waals surface area contributed by atoms with Gasteiger partial charge in [0.25, 0.3) is 0 Å². The molecule has 0 unspecified atom stereocenters. The van der Waals surface area contributed by atoms with Crippen LogP contribution in [0.15, 0.2) is 0 Å². The van der Waals surface area contributed by atoms with Crippen molar-refractivity contribution in [3.63, 3.8) is 0 Å². The highest BCUT2D eigenvalue weighted by atomic mass is 16.5. The van der Waals surface area contributed by atoms with E-state index in [4.69, 9.17) is 10.5 Å². The van der Waals surface area contributed by atoms with Gasteiger partial charge in [-0.3, -0.25) is 4.79 Å². The Balaban J connectivity index is 4.43. The second-order valence-corrected chi connectivity index (χ2v) is 3.98. The van der Waals surface area contributed by atoms with Crippen molar-refractivity contribution in [2.24, 2.45) is 11.7 Å². The molecule has 0 aliphatic carbocycles. The molecule has 0 bridgehead atoms. The molecule has 0 saturated heterocycles. The standard InChI is InChI=1S/C10H22N2O2/c1-6-14-10(13)8(11)9(7(2)3)12(4)5/h7-9H,6,11H2,1-5H3/t8-,9+/m0/s1. The maximum Gasteiger partial charge on any atom is 0.324 e. The molecule has 14 heavy (non-hydrogen) atoms. The molecule has 2 N–H and O–H groups in total. The highest BCUT2D eigenvalue weighted by molar-refractivity contribution is 5.76. The van der Waals surface area contributed by atoms with Crippen molar-refractivity contribution >= 4 is 5.97 Å². The summed E-state index contributed by atoms with van der Waals surface area (Å²) >= 11 is 0. The predicted molar refractivity (Wildman–Crippen MR) is 56.9 cm³/mol. The SMILES string of the molecule is CCOC(=O)[C@@H](N)[C@@H](C(C)C)N(C)C. The molecule has 4 heteroatoms. The quantitative estimate of drug-likeness (QED) is 0.658. The Labute approximate surface area is 86.4 Å². The van der Waals surface area contributed by atoms with Gasteiger partial charge in [-0.1, -0.05) is 13.8 Å². The lowest BCUT2D eigenvalue weighted by Crippen LogP contribution is -2.52. The Hall–Kier alpha value is -0.610. The van der Waals surface area contributed by atoms with Gasteiger partial charge in [0.05, 0.1) is 6.61 Å². The minimum absolute atomic E-state index is 0.0223. The predicted octanol–water partition coefficient (Wildman–Crippen LogP) is 0.463. The van der Waals surface area contributed by atoms with Gasteiger partial charge in [0.2, 0.25) is 0 Å². The Morgan fingerprint density at radius 3 is 2.21 bits per heavy atom. The number of hydrogen-bond donors (Lipinski definition) is 1. The largest absolute Gasteiger partial charge is 0.465 e. The molecule has 0 fully saturated rings. The summed E-state index contributed by atoms with van der Waals surface area (Å²) < 4.78 is 4.89. The normalized spacial score (nSPS) is 15.7. The van der Waals surface area contributed by atoms with E-state index in [0.29, 0.717) is 12.5 Å². The van der Waals surface area contributed by atoms with Gasteiger partial charge in [0.1, 0.15) is 6.04 Å². The molecule has 0 aliphatic heterocycles. The summed E-state index contributed by atoms with van der Waals surface area (Å²) in [6.07, 6.45) is 0. The molecule has 0 amide bonds. The van der Waals surface area contributed by atoms with Gasteiger partial charge in [0, 0.05) is 6.04 Å². The number of nitrogens with zero attached hydrogens (tertiary/aromatic N) is 1. The lowest BCUT2D eigenvalue weighted by molar-refractivity contribution is -0.146. The first-order valence-corrected chi connectivity index (χ1v) is 5.00. The number of ether oxygens (including phenoxy) is 1. The number of rotatable bonds is 5. The first-order chi connectivity index (χ1) is 6.41. The number of carbonyl (C=O) groups is 1. The molecular weight excluding hydrogens is 180 g/mol. The van der Waals surface area contributed by atoms with E-state index in [1.165, 1.54) is 0 Å². The van der Waals surface area contributed by atoms with E-state index in [2.05, 4.69) is 0 Å². The number of esters is 1. The van der Waals surface area contributed by atoms with Crippen molar-refractivity contribution in [2.45, 2.75) is 32.9 Å². The second-order valence-electron chi connectivity index (χ2n) is 3.98. The van der Waals surface area contributed by atoms with Crippen LogP contribution in [0, 0.1) is 5.92 Å². The minimum atomic E-state index is -0.565. The van der Waals surface area contributed by atoms with Crippen molar-refractivity contribution < 1.29 is 9.53 Å². The van der Waals surface area contributed by atoms with Crippen LogP contribution in [-0.2, 0) is 9.53 Å². The van der Waals surface area contributed by atoms with Crippen LogP contribution in [0.25, 0.3) is 0 Å². The van der Waals surface area contributed by atoms with E-state index in [9.17, 15) is 4.79 Å². The van der Waals surface area contributed by atoms with E-state index in [1.807, 2.05) is 32.8 Å². The van der Waals surface area contributed by atoms with Gasteiger partial charge in [-0.2, -0.15) is 0 Å². The summed E-state index contributed by atoms with van der Waals surface area (Å²) in [5.74, 6) is 0.00399. The highest BCUT2D eigenvalue weighted by Crippen LogP contribution is 2.11. The Kier molecular flexibility index (Phi) is 5.72. The molecule has 0 radical (unpaired) electrons. The van der Waals surface area contributed by atoms with E-state index >= 15 is 0 Å². The fourth-order valence-corrected chi connectivity index (χ4v) is 1.71. The van der Waals surface area contributed by atoms with Crippen molar-refractivity contribution in [3.05, 3.63) is 0 Å². The molecule has 0 aromatic rings. The van der Waals surface area contributed by atoms with Crippen LogP contribution in [0.1, 0.15) is 20.8 Å². The average molecular weight is 202 g/mol. The minimum Gasteiger partial charge on any atom is -0.465 e. The smallest absolute Gasteiger partial charge is 0.324 e. The topological polar surface area (TPSA) is 55.6 Å². The van der Waals surface area contributed by atoms with Crippen LogP contribution in [0.3, 0.4) is 0 Å². The Bertz CT molecular complexity index is 173. The molecule has 0 saturated carbocycles. The third-order valence-electron chi connectivity index (χ3n) is 2.21. The lowest BCUT2D eigenvalue weighted by Gasteiger charge is -2.31. The van der Waals surface area contributed by atoms with Gasteiger partial charge >= 0.3 is 5.97 Å². The first-order valence-electron chi connectivity index (χ1n) is 5.00.